The first-order valence-electron chi connectivity index (χ1n) is 9.04. The van der Waals surface area contributed by atoms with Crippen LogP contribution in [0.15, 0.2) is 48.5 Å². The van der Waals surface area contributed by atoms with Gasteiger partial charge < -0.3 is 14.5 Å². The van der Waals surface area contributed by atoms with Gasteiger partial charge in [-0.3, -0.25) is 9.59 Å². The lowest BCUT2D eigenvalue weighted by Gasteiger charge is -2.22. The normalized spacial score (nSPS) is 16.8. The Morgan fingerprint density at radius 2 is 1.76 bits per heavy atom. The highest BCUT2D eigenvalue weighted by Crippen LogP contribution is 2.30. The predicted octanol–water partition coefficient (Wildman–Crippen LogP) is 3.73. The molecule has 1 aliphatic rings. The quantitative estimate of drug-likeness (QED) is 0.761. The maximum Gasteiger partial charge on any atom is 0.416 e. The molecule has 0 saturated carbocycles. The molecule has 29 heavy (non-hydrogen) atoms. The number of ether oxygens (including phenoxy) is 1. The largest absolute Gasteiger partial charge is 0.497 e. The maximum absolute atomic E-state index is 12.7. The number of anilines is 1. The van der Waals surface area contributed by atoms with Crippen LogP contribution in [0.1, 0.15) is 17.5 Å². The van der Waals surface area contributed by atoms with Crippen molar-refractivity contribution in [2.24, 2.45) is 5.92 Å². The van der Waals surface area contributed by atoms with Gasteiger partial charge in [-0.2, -0.15) is 13.2 Å². The highest BCUT2D eigenvalue weighted by atomic mass is 19.4. The Morgan fingerprint density at radius 1 is 1.14 bits per heavy atom. The van der Waals surface area contributed by atoms with Crippen LogP contribution >= 0.6 is 0 Å². The Balaban J connectivity index is 1.63. The van der Waals surface area contributed by atoms with E-state index in [9.17, 15) is 22.8 Å². The summed E-state index contributed by atoms with van der Waals surface area (Å²) in [6, 6.07) is 11.7. The number of hydrogen-bond donors (Lipinski definition) is 0. The summed E-state index contributed by atoms with van der Waals surface area (Å²) in [5.74, 6) is -0.181. The van der Waals surface area contributed by atoms with Crippen LogP contribution in [0.5, 0.6) is 5.75 Å². The van der Waals surface area contributed by atoms with Gasteiger partial charge in [0, 0.05) is 32.2 Å². The number of halogens is 3. The van der Waals surface area contributed by atoms with Gasteiger partial charge in [0.05, 0.1) is 18.6 Å². The molecule has 1 unspecified atom stereocenters. The molecular weight excluding hydrogens is 385 g/mol. The Kier molecular flexibility index (Phi) is 5.81. The van der Waals surface area contributed by atoms with Crippen LogP contribution in [0.2, 0.25) is 0 Å². The SMILES string of the molecule is COc1ccc(N2CC(C(=O)N(C)Cc3ccc(C(F)(F)F)cc3)CC2=O)cc1. The molecule has 0 bridgehead atoms. The van der Waals surface area contributed by atoms with E-state index in [-0.39, 0.29) is 31.3 Å². The Labute approximate surface area is 166 Å². The highest BCUT2D eigenvalue weighted by molar-refractivity contribution is 6.00. The number of alkyl halides is 3. The molecule has 1 saturated heterocycles. The van der Waals surface area contributed by atoms with E-state index >= 15 is 0 Å². The summed E-state index contributed by atoms with van der Waals surface area (Å²) >= 11 is 0. The summed E-state index contributed by atoms with van der Waals surface area (Å²) in [5.41, 5.74) is 0.549. The van der Waals surface area contributed by atoms with Gasteiger partial charge in [-0.05, 0) is 42.0 Å². The van der Waals surface area contributed by atoms with Gasteiger partial charge in [-0.15, -0.1) is 0 Å². The van der Waals surface area contributed by atoms with E-state index in [1.54, 1.807) is 43.3 Å². The van der Waals surface area contributed by atoms with Crippen molar-refractivity contribution in [3.8, 4) is 5.75 Å². The summed E-state index contributed by atoms with van der Waals surface area (Å²) in [5, 5.41) is 0. The fourth-order valence-electron chi connectivity index (χ4n) is 3.35. The summed E-state index contributed by atoms with van der Waals surface area (Å²) < 4.78 is 43.1. The minimum atomic E-state index is -4.39. The highest BCUT2D eigenvalue weighted by Gasteiger charge is 2.36. The third-order valence-corrected chi connectivity index (χ3v) is 4.94. The molecule has 8 heteroatoms. The van der Waals surface area contributed by atoms with E-state index in [1.165, 1.54) is 17.0 Å². The van der Waals surface area contributed by atoms with Crippen LogP contribution in [0, 0.1) is 5.92 Å². The Bertz CT molecular complexity index is 880. The summed E-state index contributed by atoms with van der Waals surface area (Å²) in [6.07, 6.45) is -4.29. The molecule has 3 rings (SSSR count). The van der Waals surface area contributed by atoms with Crippen LogP contribution in [0.4, 0.5) is 18.9 Å². The van der Waals surface area contributed by atoms with E-state index in [0.717, 1.165) is 12.1 Å². The first-order chi connectivity index (χ1) is 13.7. The van der Waals surface area contributed by atoms with Gasteiger partial charge in [-0.25, -0.2) is 0 Å². The lowest BCUT2D eigenvalue weighted by Crippen LogP contribution is -2.34. The van der Waals surface area contributed by atoms with Gasteiger partial charge in [0.15, 0.2) is 0 Å². The third-order valence-electron chi connectivity index (χ3n) is 4.94. The summed E-state index contributed by atoms with van der Waals surface area (Å²) in [7, 11) is 3.14. The van der Waals surface area contributed by atoms with Crippen LogP contribution in [-0.4, -0.2) is 37.4 Å². The predicted molar refractivity (Wildman–Crippen MR) is 101 cm³/mol. The fourth-order valence-corrected chi connectivity index (χ4v) is 3.35. The molecule has 0 spiro atoms. The van der Waals surface area contributed by atoms with Crippen molar-refractivity contribution < 1.29 is 27.5 Å². The zero-order chi connectivity index (χ0) is 21.2. The summed E-state index contributed by atoms with van der Waals surface area (Å²) in [4.78, 5) is 28.1. The van der Waals surface area contributed by atoms with Crippen LogP contribution in [-0.2, 0) is 22.3 Å². The number of benzene rings is 2. The number of nitrogens with zero attached hydrogens (tertiary/aromatic N) is 2. The van der Waals surface area contributed by atoms with Crippen LogP contribution in [0.25, 0.3) is 0 Å². The molecule has 2 aromatic rings. The van der Waals surface area contributed by atoms with Crippen LogP contribution in [0.3, 0.4) is 0 Å². The minimum absolute atomic E-state index is 0.0994. The molecule has 0 aromatic heterocycles. The van der Waals surface area contributed by atoms with Gasteiger partial charge in [-0.1, -0.05) is 12.1 Å². The molecule has 5 nitrogen and oxygen atoms in total. The molecular formula is C21H21F3N2O3. The van der Waals surface area contributed by atoms with Gasteiger partial charge >= 0.3 is 6.18 Å². The molecule has 0 aliphatic carbocycles. The fraction of sp³-hybridized carbons (Fsp3) is 0.333. The molecule has 0 radical (unpaired) electrons. The van der Waals surface area contributed by atoms with E-state index in [1.807, 2.05) is 0 Å². The average Bonchev–Trinajstić information content (AvgIpc) is 3.08. The molecule has 0 N–H and O–H groups in total. The molecule has 1 aliphatic heterocycles. The third kappa shape index (κ3) is 4.70. The molecule has 2 amide bonds. The monoisotopic (exact) mass is 406 g/mol. The van der Waals surface area contributed by atoms with E-state index < -0.39 is 17.7 Å². The lowest BCUT2D eigenvalue weighted by atomic mass is 10.1. The molecule has 1 atom stereocenters. The minimum Gasteiger partial charge on any atom is -0.497 e. The van der Waals surface area contributed by atoms with Gasteiger partial charge in [0.25, 0.3) is 0 Å². The zero-order valence-electron chi connectivity index (χ0n) is 16.1. The number of amides is 2. The van der Waals surface area contributed by atoms with Gasteiger partial charge in [0.1, 0.15) is 5.75 Å². The summed E-state index contributed by atoms with van der Waals surface area (Å²) in [6.45, 7) is 0.436. The topological polar surface area (TPSA) is 49.9 Å². The lowest BCUT2D eigenvalue weighted by molar-refractivity contribution is -0.137. The Morgan fingerprint density at radius 3 is 2.31 bits per heavy atom. The van der Waals surface area contributed by atoms with Crippen molar-refractivity contribution in [2.45, 2.75) is 19.1 Å². The number of rotatable bonds is 5. The number of methoxy groups -OCH3 is 1. The molecule has 1 heterocycles. The molecule has 2 aromatic carbocycles. The first kappa shape index (κ1) is 20.7. The maximum atomic E-state index is 12.7. The second-order valence-electron chi connectivity index (χ2n) is 6.99. The van der Waals surface area contributed by atoms with Crippen molar-refractivity contribution in [1.82, 2.24) is 4.90 Å². The average molecular weight is 406 g/mol. The number of hydrogen-bond acceptors (Lipinski definition) is 3. The second-order valence-corrected chi connectivity index (χ2v) is 6.99. The standard InChI is InChI=1S/C21H21F3N2O3/c1-25(12-14-3-5-16(6-4-14)21(22,23)24)20(28)15-11-19(27)26(13-15)17-7-9-18(29-2)10-8-17/h3-10,15H,11-13H2,1-2H3. The van der Waals surface area contributed by atoms with E-state index in [4.69, 9.17) is 4.74 Å². The number of carbonyl (C=O) groups is 2. The van der Waals surface area contributed by atoms with E-state index in [2.05, 4.69) is 0 Å². The van der Waals surface area contributed by atoms with Gasteiger partial charge in [0.2, 0.25) is 11.8 Å². The van der Waals surface area contributed by atoms with Crippen molar-refractivity contribution >= 4 is 17.5 Å². The van der Waals surface area contributed by atoms with Crippen molar-refractivity contribution in [1.29, 1.82) is 0 Å². The van der Waals surface area contributed by atoms with E-state index in [0.29, 0.717) is 17.0 Å². The Hall–Kier alpha value is -3.03. The smallest absolute Gasteiger partial charge is 0.416 e. The number of carbonyl (C=O) groups excluding carboxylic acids is 2. The van der Waals surface area contributed by atoms with Crippen molar-refractivity contribution in [3.05, 3.63) is 59.7 Å². The van der Waals surface area contributed by atoms with Crippen molar-refractivity contribution in [2.75, 3.05) is 25.6 Å². The van der Waals surface area contributed by atoms with Crippen molar-refractivity contribution in [3.63, 3.8) is 0 Å². The first-order valence-corrected chi connectivity index (χ1v) is 9.04. The molecule has 1 fully saturated rings. The zero-order valence-corrected chi connectivity index (χ0v) is 16.1. The van der Waals surface area contributed by atoms with Crippen LogP contribution < -0.4 is 9.64 Å². The molecule has 154 valence electrons. The second kappa shape index (κ2) is 8.14.